The smallest absolute Gasteiger partial charge is 0.142 e. The molecule has 0 aliphatic rings. The number of furan rings is 1. The average molecular weight is 234 g/mol. The minimum atomic E-state index is 0.0228. The summed E-state index contributed by atoms with van der Waals surface area (Å²) in [7, 11) is 0. The van der Waals surface area contributed by atoms with E-state index in [-0.39, 0.29) is 5.41 Å². The Morgan fingerprint density at radius 1 is 1.38 bits per heavy atom. The van der Waals surface area contributed by atoms with Gasteiger partial charge in [-0.05, 0) is 12.1 Å². The van der Waals surface area contributed by atoms with Crippen molar-refractivity contribution in [1.82, 2.24) is 9.97 Å². The van der Waals surface area contributed by atoms with Gasteiger partial charge in [0, 0.05) is 11.1 Å². The minimum Gasteiger partial charge on any atom is -0.472 e. The summed E-state index contributed by atoms with van der Waals surface area (Å²) < 4.78 is 5.64. The summed E-state index contributed by atoms with van der Waals surface area (Å²) in [6.07, 6.45) is 3.28. The molecule has 0 saturated heterocycles. The first-order valence-electron chi connectivity index (χ1n) is 5.11. The fourth-order valence-electron chi connectivity index (χ4n) is 1.40. The van der Waals surface area contributed by atoms with Crippen LogP contribution in [0.15, 0.2) is 29.1 Å². The lowest BCUT2D eigenvalue weighted by Gasteiger charge is -2.19. The van der Waals surface area contributed by atoms with Crippen LogP contribution in [0.25, 0.3) is 11.4 Å². The monoisotopic (exact) mass is 234 g/mol. The summed E-state index contributed by atoms with van der Waals surface area (Å²) >= 11 is 5.17. The molecule has 1 N–H and O–H groups in total. The van der Waals surface area contributed by atoms with Crippen molar-refractivity contribution >= 4 is 12.2 Å². The zero-order chi connectivity index (χ0) is 11.8. The first kappa shape index (κ1) is 11.1. The Kier molecular flexibility index (Phi) is 2.68. The Morgan fingerprint density at radius 3 is 2.69 bits per heavy atom. The number of nitrogens with zero attached hydrogens (tertiary/aromatic N) is 1. The van der Waals surface area contributed by atoms with E-state index in [1.165, 1.54) is 0 Å². The highest BCUT2D eigenvalue weighted by Crippen LogP contribution is 2.23. The Labute approximate surface area is 99.5 Å². The second-order valence-electron chi connectivity index (χ2n) is 4.74. The molecule has 84 valence electrons. The molecule has 0 unspecified atom stereocenters. The average Bonchev–Trinajstić information content (AvgIpc) is 2.68. The largest absolute Gasteiger partial charge is 0.472 e. The van der Waals surface area contributed by atoms with Crippen LogP contribution in [0.3, 0.4) is 0 Å². The van der Waals surface area contributed by atoms with Gasteiger partial charge in [-0.25, -0.2) is 4.98 Å². The van der Waals surface area contributed by atoms with E-state index in [1.807, 2.05) is 12.1 Å². The van der Waals surface area contributed by atoms with Crippen LogP contribution in [-0.2, 0) is 5.41 Å². The SMILES string of the molecule is CC(C)(C)c1cc(=S)nc(-c2ccoc2)[nH]1. The molecule has 2 rings (SSSR count). The van der Waals surface area contributed by atoms with Crippen LogP contribution >= 0.6 is 12.2 Å². The molecular formula is C12H14N2OS. The Hall–Kier alpha value is -1.42. The van der Waals surface area contributed by atoms with Gasteiger partial charge in [-0.2, -0.15) is 0 Å². The molecule has 2 aromatic rings. The standard InChI is InChI=1S/C12H14N2OS/c1-12(2,3)9-6-10(16)14-11(13-9)8-4-5-15-7-8/h4-7H,1-3H3,(H,13,14,16). The van der Waals surface area contributed by atoms with Crippen molar-refractivity contribution in [1.29, 1.82) is 0 Å². The van der Waals surface area contributed by atoms with Gasteiger partial charge < -0.3 is 9.40 Å². The Balaban J connectivity index is 2.57. The second kappa shape index (κ2) is 3.87. The third-order valence-electron chi connectivity index (χ3n) is 2.35. The summed E-state index contributed by atoms with van der Waals surface area (Å²) in [5.74, 6) is 0.756. The highest BCUT2D eigenvalue weighted by atomic mass is 32.1. The van der Waals surface area contributed by atoms with E-state index in [0.29, 0.717) is 4.64 Å². The summed E-state index contributed by atoms with van der Waals surface area (Å²) in [5.41, 5.74) is 2.01. The van der Waals surface area contributed by atoms with Gasteiger partial charge in [-0.15, -0.1) is 0 Å². The molecule has 0 bridgehead atoms. The van der Waals surface area contributed by atoms with Gasteiger partial charge in [0.15, 0.2) is 0 Å². The van der Waals surface area contributed by atoms with Crippen LogP contribution in [0.1, 0.15) is 26.5 Å². The molecule has 0 radical (unpaired) electrons. The van der Waals surface area contributed by atoms with Crippen LogP contribution in [0, 0.1) is 4.64 Å². The molecule has 16 heavy (non-hydrogen) atoms. The van der Waals surface area contributed by atoms with Crippen LogP contribution < -0.4 is 0 Å². The molecule has 4 heteroatoms. The van der Waals surface area contributed by atoms with Crippen molar-refractivity contribution < 1.29 is 4.42 Å². The van der Waals surface area contributed by atoms with Gasteiger partial charge in [0.05, 0.1) is 11.8 Å². The predicted octanol–water partition coefficient (Wildman–Crippen LogP) is 3.70. The molecular weight excluding hydrogens is 220 g/mol. The number of hydrogen-bond donors (Lipinski definition) is 1. The van der Waals surface area contributed by atoms with Crippen molar-refractivity contribution in [3.8, 4) is 11.4 Å². The van der Waals surface area contributed by atoms with E-state index < -0.39 is 0 Å². The quantitative estimate of drug-likeness (QED) is 0.765. The lowest BCUT2D eigenvalue weighted by Crippen LogP contribution is -2.14. The van der Waals surface area contributed by atoms with Crippen molar-refractivity contribution in [3.63, 3.8) is 0 Å². The third kappa shape index (κ3) is 2.22. The minimum absolute atomic E-state index is 0.0228. The third-order valence-corrected chi connectivity index (χ3v) is 2.55. The molecule has 2 aromatic heterocycles. The maximum atomic E-state index is 5.17. The number of aromatic amines is 1. The van der Waals surface area contributed by atoms with Gasteiger partial charge in [0.2, 0.25) is 0 Å². The lowest BCUT2D eigenvalue weighted by molar-refractivity contribution is 0.564. The van der Waals surface area contributed by atoms with E-state index >= 15 is 0 Å². The number of nitrogens with one attached hydrogen (secondary N) is 1. The molecule has 0 aromatic carbocycles. The molecule has 0 atom stereocenters. The van der Waals surface area contributed by atoms with E-state index in [2.05, 4.69) is 30.7 Å². The molecule has 2 heterocycles. The number of aromatic nitrogens is 2. The Morgan fingerprint density at radius 2 is 2.12 bits per heavy atom. The number of hydrogen-bond acceptors (Lipinski definition) is 3. The molecule has 0 spiro atoms. The van der Waals surface area contributed by atoms with Crippen molar-refractivity contribution in [2.24, 2.45) is 0 Å². The van der Waals surface area contributed by atoms with Gasteiger partial charge in [-0.3, -0.25) is 0 Å². The van der Waals surface area contributed by atoms with Crippen LogP contribution in [0.2, 0.25) is 0 Å². The maximum absolute atomic E-state index is 5.17. The molecule has 0 aliphatic carbocycles. The summed E-state index contributed by atoms with van der Waals surface area (Å²) in [5, 5.41) is 0. The van der Waals surface area contributed by atoms with E-state index in [0.717, 1.165) is 17.1 Å². The van der Waals surface area contributed by atoms with Crippen LogP contribution in [-0.4, -0.2) is 9.97 Å². The van der Waals surface area contributed by atoms with Crippen LogP contribution in [0.4, 0.5) is 0 Å². The highest BCUT2D eigenvalue weighted by molar-refractivity contribution is 7.71. The Bertz CT molecular complexity index is 535. The predicted molar refractivity (Wildman–Crippen MR) is 65.8 cm³/mol. The molecule has 0 fully saturated rings. The first-order chi connectivity index (χ1) is 7.47. The molecule has 3 nitrogen and oxygen atoms in total. The van der Waals surface area contributed by atoms with Gasteiger partial charge in [0.25, 0.3) is 0 Å². The van der Waals surface area contributed by atoms with E-state index in [1.54, 1.807) is 12.5 Å². The van der Waals surface area contributed by atoms with E-state index in [9.17, 15) is 0 Å². The number of H-pyrrole nitrogens is 1. The summed E-state index contributed by atoms with van der Waals surface area (Å²) in [6, 6.07) is 3.76. The highest BCUT2D eigenvalue weighted by Gasteiger charge is 2.16. The van der Waals surface area contributed by atoms with Crippen molar-refractivity contribution in [2.75, 3.05) is 0 Å². The maximum Gasteiger partial charge on any atom is 0.142 e. The zero-order valence-electron chi connectivity index (χ0n) is 9.57. The molecule has 0 saturated carbocycles. The molecule has 0 amide bonds. The van der Waals surface area contributed by atoms with Crippen molar-refractivity contribution in [3.05, 3.63) is 35.0 Å². The zero-order valence-corrected chi connectivity index (χ0v) is 10.4. The lowest BCUT2D eigenvalue weighted by atomic mass is 9.92. The molecule has 0 aliphatic heterocycles. The number of rotatable bonds is 1. The van der Waals surface area contributed by atoms with Crippen LogP contribution in [0.5, 0.6) is 0 Å². The fraction of sp³-hybridized carbons (Fsp3) is 0.333. The van der Waals surface area contributed by atoms with E-state index in [4.69, 9.17) is 16.6 Å². The summed E-state index contributed by atoms with van der Waals surface area (Å²) in [6.45, 7) is 6.40. The van der Waals surface area contributed by atoms with Gasteiger partial charge in [-0.1, -0.05) is 33.0 Å². The van der Waals surface area contributed by atoms with Crippen molar-refractivity contribution in [2.45, 2.75) is 26.2 Å². The second-order valence-corrected chi connectivity index (χ2v) is 5.16. The van der Waals surface area contributed by atoms with Gasteiger partial charge >= 0.3 is 0 Å². The normalized spacial score (nSPS) is 11.7. The first-order valence-corrected chi connectivity index (χ1v) is 5.52. The summed E-state index contributed by atoms with van der Waals surface area (Å²) in [4.78, 5) is 7.58. The topological polar surface area (TPSA) is 41.8 Å². The fourth-order valence-corrected chi connectivity index (χ4v) is 1.61. The van der Waals surface area contributed by atoms with Gasteiger partial charge in [0.1, 0.15) is 16.7 Å².